The normalized spacial score (nSPS) is 16.2. The molecule has 0 amide bonds. The largest absolute Gasteiger partial charge is 0.333 e. The van der Waals surface area contributed by atoms with Gasteiger partial charge in [-0.15, -0.1) is 0 Å². The number of nitriles is 1. The predicted octanol–water partition coefficient (Wildman–Crippen LogP) is 2.83. The van der Waals surface area contributed by atoms with Crippen molar-refractivity contribution in [1.29, 1.82) is 5.26 Å². The molecule has 1 aliphatic carbocycles. The molecule has 3 heteroatoms. The second-order valence-corrected chi connectivity index (χ2v) is 3.94. The highest BCUT2D eigenvalue weighted by Gasteiger charge is 2.43. The zero-order chi connectivity index (χ0) is 11.5. The van der Waals surface area contributed by atoms with Crippen molar-refractivity contribution >= 4 is 0 Å². The third-order valence-electron chi connectivity index (χ3n) is 2.91. The first-order chi connectivity index (χ1) is 7.17. The lowest BCUT2D eigenvalue weighted by Crippen LogP contribution is -2.09. The van der Waals surface area contributed by atoms with Crippen molar-refractivity contribution in [3.8, 4) is 6.07 Å². The molecule has 1 aliphatic rings. The molecule has 0 bridgehead atoms. The Morgan fingerprint density at radius 2 is 2.07 bits per heavy atom. The number of hydrogen-bond acceptors (Lipinski definition) is 2. The average molecular weight is 205 g/mol. The Labute approximate surface area is 91.7 Å². The fourth-order valence-corrected chi connectivity index (χ4v) is 1.49. The van der Waals surface area contributed by atoms with Gasteiger partial charge < -0.3 is 4.57 Å². The van der Waals surface area contributed by atoms with Gasteiger partial charge in [-0.25, -0.2) is 4.98 Å². The van der Waals surface area contributed by atoms with Crippen LogP contribution in [0, 0.1) is 30.6 Å². The van der Waals surface area contributed by atoms with E-state index in [0.29, 0.717) is 0 Å². The topological polar surface area (TPSA) is 41.6 Å². The number of hydrogen-bond donors (Lipinski definition) is 0. The molecule has 0 radical (unpaired) electrons. The Morgan fingerprint density at radius 1 is 1.47 bits per heavy atom. The molecule has 0 atom stereocenters. The molecule has 1 saturated carbocycles. The molecule has 0 saturated heterocycles. The van der Waals surface area contributed by atoms with Crippen molar-refractivity contribution in [2.24, 2.45) is 5.41 Å². The van der Waals surface area contributed by atoms with Gasteiger partial charge in [0.15, 0.2) is 0 Å². The minimum absolute atomic E-state index is 0.0715. The molecule has 0 unspecified atom stereocenters. The van der Waals surface area contributed by atoms with E-state index >= 15 is 0 Å². The molecule has 2 rings (SSSR count). The fraction of sp³-hybridized carbons (Fsp3) is 0.667. The molecule has 1 aromatic heterocycles. The number of aromatic nitrogens is 2. The molecule has 1 fully saturated rings. The van der Waals surface area contributed by atoms with Crippen molar-refractivity contribution in [3.63, 3.8) is 0 Å². The van der Waals surface area contributed by atoms with Crippen LogP contribution >= 0.6 is 0 Å². The first kappa shape index (κ1) is 11.8. The zero-order valence-corrected chi connectivity index (χ0v) is 10.0. The van der Waals surface area contributed by atoms with Gasteiger partial charge in [-0.2, -0.15) is 5.26 Å². The van der Waals surface area contributed by atoms with Crippen LogP contribution in [0.25, 0.3) is 0 Å². The van der Waals surface area contributed by atoms with Crippen LogP contribution in [0.3, 0.4) is 0 Å². The van der Waals surface area contributed by atoms with Gasteiger partial charge in [-0.1, -0.05) is 13.8 Å². The Balaban J connectivity index is 0.000000531. The van der Waals surface area contributed by atoms with Crippen LogP contribution in [0.2, 0.25) is 0 Å². The van der Waals surface area contributed by atoms with E-state index in [1.165, 1.54) is 5.69 Å². The molecular weight excluding hydrogens is 186 g/mol. The smallest absolute Gasteiger partial charge is 0.0951 e. The van der Waals surface area contributed by atoms with Crippen LogP contribution in [-0.2, 0) is 6.54 Å². The second-order valence-electron chi connectivity index (χ2n) is 3.94. The highest BCUT2D eigenvalue weighted by atomic mass is 15.1. The monoisotopic (exact) mass is 205 g/mol. The van der Waals surface area contributed by atoms with Gasteiger partial charge in [0.1, 0.15) is 0 Å². The maximum Gasteiger partial charge on any atom is 0.0951 e. The molecule has 0 N–H and O–H groups in total. The van der Waals surface area contributed by atoms with E-state index in [-0.39, 0.29) is 5.41 Å². The SMILES string of the molecule is CC.Cc1ncn(CC2(C#N)CC2)c1C. The number of nitrogens with zero attached hydrogens (tertiary/aromatic N) is 3. The summed E-state index contributed by atoms with van der Waals surface area (Å²) in [5.41, 5.74) is 2.17. The molecule has 0 spiro atoms. The summed E-state index contributed by atoms with van der Waals surface area (Å²) in [6.07, 6.45) is 3.92. The number of rotatable bonds is 2. The van der Waals surface area contributed by atoms with Crippen molar-refractivity contribution in [3.05, 3.63) is 17.7 Å². The lowest BCUT2D eigenvalue weighted by atomic mass is 10.1. The lowest BCUT2D eigenvalue weighted by Gasteiger charge is -2.08. The third kappa shape index (κ3) is 2.38. The quantitative estimate of drug-likeness (QED) is 0.745. The van der Waals surface area contributed by atoms with Gasteiger partial charge >= 0.3 is 0 Å². The first-order valence-electron chi connectivity index (χ1n) is 5.56. The van der Waals surface area contributed by atoms with Crippen LogP contribution in [0.15, 0.2) is 6.33 Å². The Morgan fingerprint density at radius 3 is 2.40 bits per heavy atom. The second kappa shape index (κ2) is 4.48. The Hall–Kier alpha value is -1.30. The predicted molar refractivity (Wildman–Crippen MR) is 60.3 cm³/mol. The van der Waals surface area contributed by atoms with E-state index < -0.39 is 0 Å². The lowest BCUT2D eigenvalue weighted by molar-refractivity contribution is 0.519. The summed E-state index contributed by atoms with van der Waals surface area (Å²) in [7, 11) is 0. The highest BCUT2D eigenvalue weighted by molar-refractivity contribution is 5.14. The third-order valence-corrected chi connectivity index (χ3v) is 2.91. The van der Waals surface area contributed by atoms with Crippen LogP contribution < -0.4 is 0 Å². The molecule has 0 aliphatic heterocycles. The van der Waals surface area contributed by atoms with Crippen molar-refractivity contribution in [1.82, 2.24) is 9.55 Å². The highest BCUT2D eigenvalue weighted by Crippen LogP contribution is 2.46. The summed E-state index contributed by atoms with van der Waals surface area (Å²) < 4.78 is 2.09. The van der Waals surface area contributed by atoms with E-state index in [1.807, 2.05) is 27.1 Å². The van der Waals surface area contributed by atoms with Crippen LogP contribution in [0.1, 0.15) is 38.1 Å². The maximum atomic E-state index is 8.93. The van der Waals surface area contributed by atoms with Gasteiger partial charge in [0.05, 0.1) is 23.5 Å². The van der Waals surface area contributed by atoms with Crippen LogP contribution in [0.5, 0.6) is 0 Å². The molecule has 82 valence electrons. The van der Waals surface area contributed by atoms with Crippen LogP contribution in [0.4, 0.5) is 0 Å². The summed E-state index contributed by atoms with van der Waals surface area (Å²) in [6.45, 7) is 8.86. The summed E-state index contributed by atoms with van der Waals surface area (Å²) in [5.74, 6) is 0. The summed E-state index contributed by atoms with van der Waals surface area (Å²) in [6, 6.07) is 2.39. The average Bonchev–Trinajstić information content (AvgIpc) is 2.99. The molecular formula is C12H19N3. The minimum atomic E-state index is -0.0715. The van der Waals surface area contributed by atoms with Gasteiger partial charge in [0.25, 0.3) is 0 Å². The first-order valence-corrected chi connectivity index (χ1v) is 5.56. The Kier molecular flexibility index (Phi) is 3.52. The molecule has 1 heterocycles. The van der Waals surface area contributed by atoms with E-state index in [0.717, 1.165) is 25.1 Å². The van der Waals surface area contributed by atoms with Crippen molar-refractivity contribution < 1.29 is 0 Å². The fourth-order valence-electron chi connectivity index (χ4n) is 1.49. The van der Waals surface area contributed by atoms with Gasteiger partial charge in [-0.3, -0.25) is 0 Å². The van der Waals surface area contributed by atoms with E-state index in [1.54, 1.807) is 0 Å². The van der Waals surface area contributed by atoms with Crippen molar-refractivity contribution in [2.75, 3.05) is 0 Å². The van der Waals surface area contributed by atoms with E-state index in [9.17, 15) is 0 Å². The number of aryl methyl sites for hydroxylation is 1. The van der Waals surface area contributed by atoms with Gasteiger partial charge in [0.2, 0.25) is 0 Å². The van der Waals surface area contributed by atoms with E-state index in [4.69, 9.17) is 5.26 Å². The zero-order valence-electron chi connectivity index (χ0n) is 10.0. The summed E-state index contributed by atoms with van der Waals surface area (Å²) in [5, 5.41) is 8.93. The Bertz CT molecular complexity index is 367. The van der Waals surface area contributed by atoms with Crippen LogP contribution in [-0.4, -0.2) is 9.55 Å². The molecule has 0 aromatic carbocycles. The standard InChI is InChI=1S/C10H13N3.C2H6/c1-8-9(2)13(7-12-8)6-10(5-11)3-4-10;1-2/h7H,3-4,6H2,1-2H3;1-2H3. The summed E-state index contributed by atoms with van der Waals surface area (Å²) >= 11 is 0. The molecule has 1 aromatic rings. The summed E-state index contributed by atoms with van der Waals surface area (Å²) in [4.78, 5) is 4.22. The molecule has 3 nitrogen and oxygen atoms in total. The van der Waals surface area contributed by atoms with Gasteiger partial charge in [0, 0.05) is 12.2 Å². The minimum Gasteiger partial charge on any atom is -0.333 e. The molecule has 15 heavy (non-hydrogen) atoms. The van der Waals surface area contributed by atoms with E-state index in [2.05, 4.69) is 22.5 Å². The van der Waals surface area contributed by atoms with Crippen molar-refractivity contribution in [2.45, 2.75) is 47.1 Å². The van der Waals surface area contributed by atoms with Gasteiger partial charge in [-0.05, 0) is 26.7 Å². The number of imidazole rings is 1. The maximum absolute atomic E-state index is 8.93.